The van der Waals surface area contributed by atoms with Crippen LogP contribution < -0.4 is 0 Å². The van der Waals surface area contributed by atoms with E-state index in [1.165, 1.54) is 96.3 Å². The number of hydrogen-bond acceptors (Lipinski definition) is 9. The fourth-order valence-corrected chi connectivity index (χ4v) is 5.23. The van der Waals surface area contributed by atoms with Crippen LogP contribution in [0.3, 0.4) is 0 Å². The standard InChI is InChI=1S/C31H61O10P/c1-3-5-6-7-8-9-10-11-12-13-14-15-16-17-18-19-20-21-23-30(34)38-26-29(41-31(35)22-4-2)27-40-42(36,37)39-25-28(33)24-32/h28-29,32-33H,3-27H2,1-2H3,(H,36,37)/t28-,29+/m0/s1. The van der Waals surface area contributed by atoms with Crippen LogP contribution in [0, 0.1) is 0 Å². The molecular formula is C31H61O10P. The van der Waals surface area contributed by atoms with Crippen LogP contribution >= 0.6 is 7.82 Å². The second-order valence-corrected chi connectivity index (χ2v) is 12.7. The number of carbonyl (C=O) groups is 2. The van der Waals surface area contributed by atoms with Gasteiger partial charge in [0.05, 0.1) is 19.8 Å². The summed E-state index contributed by atoms with van der Waals surface area (Å²) in [6.07, 6.45) is 21.3. The Hall–Kier alpha value is -1.03. The van der Waals surface area contributed by atoms with Gasteiger partial charge in [-0.15, -0.1) is 0 Å². The lowest BCUT2D eigenvalue weighted by molar-refractivity contribution is -0.161. The number of unbranched alkanes of at least 4 members (excludes halogenated alkanes) is 17. The van der Waals surface area contributed by atoms with Gasteiger partial charge in [0.25, 0.3) is 0 Å². The third-order valence-electron chi connectivity index (χ3n) is 6.98. The first kappa shape index (κ1) is 41.0. The Morgan fingerprint density at radius 1 is 0.619 bits per heavy atom. The smallest absolute Gasteiger partial charge is 0.462 e. The topological polar surface area (TPSA) is 149 Å². The van der Waals surface area contributed by atoms with E-state index in [0.717, 1.165) is 12.8 Å². The van der Waals surface area contributed by atoms with Gasteiger partial charge in [-0.25, -0.2) is 4.57 Å². The molecule has 11 heteroatoms. The summed E-state index contributed by atoms with van der Waals surface area (Å²) in [5.41, 5.74) is 0. The number of phosphoric ester groups is 1. The largest absolute Gasteiger partial charge is 0.472 e. The van der Waals surface area contributed by atoms with Gasteiger partial charge < -0.3 is 24.6 Å². The molecule has 0 fully saturated rings. The average molecular weight is 625 g/mol. The van der Waals surface area contributed by atoms with Crippen molar-refractivity contribution in [3.05, 3.63) is 0 Å². The SMILES string of the molecule is CCCCCCCCCCCCCCCCCCCCC(=O)OC[C@H](COP(=O)(O)OC[C@@H](O)CO)OC(=O)CCC. The zero-order valence-electron chi connectivity index (χ0n) is 26.5. The predicted molar refractivity (Wildman–Crippen MR) is 164 cm³/mol. The number of esters is 2. The van der Waals surface area contributed by atoms with Crippen LogP contribution in [0.4, 0.5) is 0 Å². The molecule has 0 aromatic heterocycles. The van der Waals surface area contributed by atoms with Crippen molar-refractivity contribution in [1.82, 2.24) is 0 Å². The Balaban J connectivity index is 3.90. The lowest BCUT2D eigenvalue weighted by Crippen LogP contribution is -2.29. The van der Waals surface area contributed by atoms with E-state index >= 15 is 0 Å². The average Bonchev–Trinajstić information content (AvgIpc) is 2.96. The summed E-state index contributed by atoms with van der Waals surface area (Å²) < 4.78 is 31.8. The van der Waals surface area contributed by atoms with E-state index in [9.17, 15) is 24.2 Å². The molecule has 10 nitrogen and oxygen atoms in total. The normalized spacial score (nSPS) is 14.3. The van der Waals surface area contributed by atoms with Crippen LogP contribution in [0.15, 0.2) is 0 Å². The van der Waals surface area contributed by atoms with Crippen molar-refractivity contribution in [3.63, 3.8) is 0 Å². The van der Waals surface area contributed by atoms with Crippen molar-refractivity contribution >= 4 is 19.8 Å². The van der Waals surface area contributed by atoms with E-state index < -0.39 is 51.8 Å². The maximum Gasteiger partial charge on any atom is 0.472 e. The molecule has 42 heavy (non-hydrogen) atoms. The van der Waals surface area contributed by atoms with E-state index in [1.807, 2.05) is 0 Å². The number of aliphatic hydroxyl groups is 2. The van der Waals surface area contributed by atoms with Crippen LogP contribution in [-0.4, -0.2) is 65.7 Å². The number of phosphoric acid groups is 1. The van der Waals surface area contributed by atoms with E-state index in [4.69, 9.17) is 19.1 Å². The summed E-state index contributed by atoms with van der Waals surface area (Å²) in [6, 6.07) is 0. The molecule has 0 aromatic rings. The lowest BCUT2D eigenvalue weighted by atomic mass is 10.0. The van der Waals surface area contributed by atoms with Gasteiger partial charge in [-0.3, -0.25) is 18.6 Å². The van der Waals surface area contributed by atoms with Crippen molar-refractivity contribution in [2.24, 2.45) is 0 Å². The molecule has 0 saturated carbocycles. The minimum atomic E-state index is -4.57. The van der Waals surface area contributed by atoms with Crippen molar-refractivity contribution in [1.29, 1.82) is 0 Å². The summed E-state index contributed by atoms with van der Waals surface area (Å²) in [7, 11) is -4.57. The molecule has 0 rings (SSSR count). The van der Waals surface area contributed by atoms with Crippen LogP contribution in [0.1, 0.15) is 149 Å². The summed E-state index contributed by atoms with van der Waals surface area (Å²) in [5, 5.41) is 18.0. The summed E-state index contributed by atoms with van der Waals surface area (Å²) in [6.45, 7) is 1.95. The van der Waals surface area contributed by atoms with Crippen molar-refractivity contribution in [3.8, 4) is 0 Å². The Morgan fingerprint density at radius 2 is 1.07 bits per heavy atom. The molecule has 0 radical (unpaired) electrons. The lowest BCUT2D eigenvalue weighted by Gasteiger charge is -2.20. The molecule has 0 aromatic carbocycles. The number of ether oxygens (including phenoxy) is 2. The molecule has 0 bridgehead atoms. The molecule has 3 N–H and O–H groups in total. The van der Waals surface area contributed by atoms with Gasteiger partial charge in [0, 0.05) is 12.8 Å². The van der Waals surface area contributed by atoms with E-state index in [-0.39, 0.29) is 19.4 Å². The zero-order valence-corrected chi connectivity index (χ0v) is 27.4. The Morgan fingerprint density at radius 3 is 1.52 bits per heavy atom. The Labute approximate surface area is 254 Å². The highest BCUT2D eigenvalue weighted by Gasteiger charge is 2.27. The summed E-state index contributed by atoms with van der Waals surface area (Å²) >= 11 is 0. The molecular weight excluding hydrogens is 563 g/mol. The van der Waals surface area contributed by atoms with Gasteiger partial charge in [-0.2, -0.15) is 0 Å². The molecule has 1 unspecified atom stereocenters. The minimum Gasteiger partial charge on any atom is -0.462 e. The number of carbonyl (C=O) groups excluding carboxylic acids is 2. The molecule has 0 aliphatic rings. The quantitative estimate of drug-likeness (QED) is 0.0412. The minimum absolute atomic E-state index is 0.139. The zero-order chi connectivity index (χ0) is 31.3. The van der Waals surface area contributed by atoms with Crippen LogP contribution in [0.5, 0.6) is 0 Å². The number of aliphatic hydroxyl groups excluding tert-OH is 2. The van der Waals surface area contributed by atoms with Gasteiger partial charge in [0.2, 0.25) is 0 Å². The highest BCUT2D eigenvalue weighted by molar-refractivity contribution is 7.47. The van der Waals surface area contributed by atoms with Crippen LogP contribution in [0.25, 0.3) is 0 Å². The van der Waals surface area contributed by atoms with Crippen LogP contribution in [0.2, 0.25) is 0 Å². The first-order valence-electron chi connectivity index (χ1n) is 16.5. The second-order valence-electron chi connectivity index (χ2n) is 11.2. The van der Waals surface area contributed by atoms with Crippen LogP contribution in [-0.2, 0) is 32.7 Å². The molecule has 250 valence electrons. The highest BCUT2D eigenvalue weighted by Crippen LogP contribution is 2.43. The van der Waals surface area contributed by atoms with Crippen molar-refractivity contribution < 1.29 is 47.8 Å². The molecule has 0 heterocycles. The van der Waals surface area contributed by atoms with Gasteiger partial charge in [0.1, 0.15) is 12.7 Å². The van der Waals surface area contributed by atoms with E-state index in [1.54, 1.807) is 6.92 Å². The van der Waals surface area contributed by atoms with Crippen molar-refractivity contribution in [2.45, 2.75) is 161 Å². The molecule has 3 atom stereocenters. The van der Waals surface area contributed by atoms with E-state index in [0.29, 0.717) is 12.8 Å². The Kier molecular flexibility index (Phi) is 28.0. The second kappa shape index (κ2) is 28.7. The summed E-state index contributed by atoms with van der Waals surface area (Å²) in [4.78, 5) is 33.8. The predicted octanol–water partition coefficient (Wildman–Crippen LogP) is 7.16. The fraction of sp³-hybridized carbons (Fsp3) is 0.935. The Bertz CT molecular complexity index is 691. The molecule has 0 aliphatic heterocycles. The maximum absolute atomic E-state index is 12.2. The van der Waals surface area contributed by atoms with E-state index in [2.05, 4.69) is 11.4 Å². The maximum atomic E-state index is 12.2. The monoisotopic (exact) mass is 624 g/mol. The van der Waals surface area contributed by atoms with Gasteiger partial charge in [-0.1, -0.05) is 123 Å². The first-order valence-corrected chi connectivity index (χ1v) is 18.0. The fourth-order valence-electron chi connectivity index (χ4n) is 4.44. The third-order valence-corrected chi connectivity index (χ3v) is 7.93. The highest BCUT2D eigenvalue weighted by atomic mass is 31.2. The third kappa shape index (κ3) is 27.8. The number of rotatable bonds is 31. The van der Waals surface area contributed by atoms with Crippen molar-refractivity contribution in [2.75, 3.05) is 26.4 Å². The molecule has 0 saturated heterocycles. The van der Waals surface area contributed by atoms with Gasteiger partial charge in [-0.05, 0) is 12.8 Å². The first-order chi connectivity index (χ1) is 20.2. The molecule has 0 amide bonds. The molecule has 0 aliphatic carbocycles. The van der Waals surface area contributed by atoms with Gasteiger partial charge >= 0.3 is 19.8 Å². The summed E-state index contributed by atoms with van der Waals surface area (Å²) in [5.74, 6) is -0.979. The number of hydrogen-bond donors (Lipinski definition) is 3. The van der Waals surface area contributed by atoms with Gasteiger partial charge in [0.15, 0.2) is 6.10 Å². The molecule has 0 spiro atoms.